The number of carbonyl (C=O) groups is 2. The van der Waals surface area contributed by atoms with Crippen molar-refractivity contribution in [2.24, 2.45) is 0 Å². The van der Waals surface area contributed by atoms with E-state index in [1.54, 1.807) is 6.07 Å². The summed E-state index contributed by atoms with van der Waals surface area (Å²) in [4.78, 5) is 28.1. The van der Waals surface area contributed by atoms with E-state index in [9.17, 15) is 9.59 Å². The number of para-hydroxylation sites is 2. The molecule has 0 aliphatic carbocycles. The highest BCUT2D eigenvalue weighted by molar-refractivity contribution is 6.30. The first-order valence-corrected chi connectivity index (χ1v) is 9.60. The number of fused-ring (bicyclic) bond motifs is 1. The maximum atomic E-state index is 12.8. The van der Waals surface area contributed by atoms with E-state index in [2.05, 4.69) is 5.32 Å². The van der Waals surface area contributed by atoms with Gasteiger partial charge in [0.05, 0.1) is 24.5 Å². The van der Waals surface area contributed by atoms with Gasteiger partial charge < -0.3 is 9.73 Å². The SMILES string of the molecule is CN(CC(=O)N1CC(=O)Nc2ccccc21)Cc1ccc(-c2ccc(Cl)cc2)o1. The number of amides is 2. The van der Waals surface area contributed by atoms with E-state index in [0.717, 1.165) is 17.1 Å². The van der Waals surface area contributed by atoms with Crippen molar-refractivity contribution in [2.45, 2.75) is 6.54 Å². The van der Waals surface area contributed by atoms with Gasteiger partial charge >= 0.3 is 0 Å². The van der Waals surface area contributed by atoms with Gasteiger partial charge in [0.1, 0.15) is 18.1 Å². The third-order valence-corrected chi connectivity index (χ3v) is 4.95. The van der Waals surface area contributed by atoms with Gasteiger partial charge in [-0.3, -0.25) is 19.4 Å². The van der Waals surface area contributed by atoms with Crippen LogP contribution >= 0.6 is 11.6 Å². The summed E-state index contributed by atoms with van der Waals surface area (Å²) in [5.74, 6) is 1.16. The average Bonchev–Trinajstić information content (AvgIpc) is 3.16. The number of hydrogen-bond acceptors (Lipinski definition) is 4. The normalized spacial score (nSPS) is 13.3. The number of rotatable bonds is 5. The van der Waals surface area contributed by atoms with Crippen molar-refractivity contribution in [3.8, 4) is 11.3 Å². The number of hydrogen-bond donors (Lipinski definition) is 1. The monoisotopic (exact) mass is 409 g/mol. The summed E-state index contributed by atoms with van der Waals surface area (Å²) in [6, 6.07) is 18.5. The molecule has 3 aromatic rings. The molecular weight excluding hydrogens is 390 g/mol. The predicted octanol–water partition coefficient (Wildman–Crippen LogP) is 4.02. The highest BCUT2D eigenvalue weighted by atomic mass is 35.5. The lowest BCUT2D eigenvalue weighted by Gasteiger charge is -2.30. The Bertz CT molecular complexity index is 1050. The Hall–Kier alpha value is -3.09. The third kappa shape index (κ3) is 4.34. The molecule has 2 amide bonds. The molecule has 0 bridgehead atoms. The van der Waals surface area contributed by atoms with Crippen LogP contribution in [0.5, 0.6) is 0 Å². The molecule has 1 aliphatic rings. The quantitative estimate of drug-likeness (QED) is 0.691. The van der Waals surface area contributed by atoms with Crippen LogP contribution in [0, 0.1) is 0 Å². The molecule has 0 atom stereocenters. The number of furan rings is 1. The van der Waals surface area contributed by atoms with Gasteiger partial charge in [-0.1, -0.05) is 23.7 Å². The van der Waals surface area contributed by atoms with Crippen LogP contribution in [0.3, 0.4) is 0 Å². The second-order valence-corrected chi connectivity index (χ2v) is 7.43. The largest absolute Gasteiger partial charge is 0.460 e. The molecule has 0 unspecified atom stereocenters. The van der Waals surface area contributed by atoms with E-state index in [1.165, 1.54) is 4.90 Å². The highest BCUT2D eigenvalue weighted by Crippen LogP contribution is 2.29. The molecule has 29 heavy (non-hydrogen) atoms. The minimum atomic E-state index is -0.196. The van der Waals surface area contributed by atoms with Gasteiger partial charge in [-0.25, -0.2) is 0 Å². The maximum absolute atomic E-state index is 12.8. The smallest absolute Gasteiger partial charge is 0.244 e. The Morgan fingerprint density at radius 2 is 1.90 bits per heavy atom. The lowest BCUT2D eigenvalue weighted by Crippen LogP contribution is -2.45. The molecule has 2 heterocycles. The molecule has 1 aromatic heterocycles. The van der Waals surface area contributed by atoms with Crippen molar-refractivity contribution in [3.05, 3.63) is 71.4 Å². The second-order valence-electron chi connectivity index (χ2n) is 6.99. The standard InChI is InChI=1S/C22H20ClN3O3/c1-25(12-17-10-11-20(29-17)15-6-8-16(23)9-7-15)14-22(28)26-13-21(27)24-18-4-2-3-5-19(18)26/h2-11H,12-14H2,1H3,(H,24,27). The molecular formula is C22H20ClN3O3. The molecule has 1 aliphatic heterocycles. The number of benzene rings is 2. The van der Waals surface area contributed by atoms with Crippen molar-refractivity contribution < 1.29 is 14.0 Å². The molecule has 0 saturated carbocycles. The minimum Gasteiger partial charge on any atom is -0.460 e. The van der Waals surface area contributed by atoms with Gasteiger partial charge in [0.2, 0.25) is 11.8 Å². The summed E-state index contributed by atoms with van der Waals surface area (Å²) >= 11 is 5.93. The zero-order chi connectivity index (χ0) is 20.4. The van der Waals surface area contributed by atoms with Gasteiger partial charge in [0, 0.05) is 10.6 Å². The van der Waals surface area contributed by atoms with Gasteiger partial charge in [0.25, 0.3) is 0 Å². The Labute approximate surface area is 173 Å². The third-order valence-electron chi connectivity index (χ3n) is 4.69. The van der Waals surface area contributed by atoms with Crippen LogP contribution in [0.1, 0.15) is 5.76 Å². The minimum absolute atomic E-state index is 0.0190. The van der Waals surface area contributed by atoms with Crippen molar-refractivity contribution in [3.63, 3.8) is 0 Å². The number of nitrogens with zero attached hydrogens (tertiary/aromatic N) is 2. The van der Waals surface area contributed by atoms with Crippen LogP contribution in [-0.2, 0) is 16.1 Å². The fourth-order valence-corrected chi connectivity index (χ4v) is 3.45. The van der Waals surface area contributed by atoms with Crippen LogP contribution in [0.4, 0.5) is 11.4 Å². The number of halogens is 1. The van der Waals surface area contributed by atoms with E-state index < -0.39 is 0 Å². The van der Waals surface area contributed by atoms with Crippen molar-refractivity contribution in [1.29, 1.82) is 0 Å². The Morgan fingerprint density at radius 1 is 1.14 bits per heavy atom. The van der Waals surface area contributed by atoms with E-state index in [4.69, 9.17) is 16.0 Å². The summed E-state index contributed by atoms with van der Waals surface area (Å²) in [7, 11) is 1.85. The van der Waals surface area contributed by atoms with Crippen LogP contribution < -0.4 is 10.2 Å². The van der Waals surface area contributed by atoms with E-state index in [-0.39, 0.29) is 24.9 Å². The summed E-state index contributed by atoms with van der Waals surface area (Å²) in [6.07, 6.45) is 0. The first-order valence-electron chi connectivity index (χ1n) is 9.22. The zero-order valence-corrected chi connectivity index (χ0v) is 16.6. The molecule has 0 spiro atoms. The first kappa shape index (κ1) is 19.2. The van der Waals surface area contributed by atoms with Crippen molar-refractivity contribution in [2.75, 3.05) is 30.4 Å². The van der Waals surface area contributed by atoms with Crippen molar-refractivity contribution >= 4 is 34.8 Å². The lowest BCUT2D eigenvalue weighted by molar-refractivity contribution is -0.122. The summed E-state index contributed by atoms with van der Waals surface area (Å²) < 4.78 is 5.91. The molecule has 0 saturated heterocycles. The van der Waals surface area contributed by atoms with Gasteiger partial charge in [-0.05, 0) is 55.6 Å². The van der Waals surface area contributed by atoms with E-state index >= 15 is 0 Å². The Morgan fingerprint density at radius 3 is 2.69 bits per heavy atom. The molecule has 2 aromatic carbocycles. The molecule has 4 rings (SSSR count). The van der Waals surface area contributed by atoms with Gasteiger partial charge in [-0.15, -0.1) is 0 Å². The molecule has 0 fully saturated rings. The van der Waals surface area contributed by atoms with Crippen LogP contribution in [0.2, 0.25) is 5.02 Å². The zero-order valence-electron chi connectivity index (χ0n) is 15.9. The summed E-state index contributed by atoms with van der Waals surface area (Å²) in [6.45, 7) is 0.657. The Balaban J connectivity index is 1.41. The number of carbonyl (C=O) groups excluding carboxylic acids is 2. The molecule has 1 N–H and O–H groups in total. The summed E-state index contributed by atoms with van der Waals surface area (Å²) in [5, 5.41) is 3.46. The molecule has 0 radical (unpaired) electrons. The van der Waals surface area contributed by atoms with Crippen LogP contribution in [-0.4, -0.2) is 36.9 Å². The second kappa shape index (κ2) is 8.11. The average molecular weight is 410 g/mol. The number of nitrogens with one attached hydrogen (secondary N) is 1. The molecule has 148 valence electrons. The topological polar surface area (TPSA) is 65.8 Å². The number of anilines is 2. The predicted molar refractivity (Wildman–Crippen MR) is 113 cm³/mol. The Kier molecular flexibility index (Phi) is 5.38. The first-order chi connectivity index (χ1) is 14.0. The highest BCUT2D eigenvalue weighted by Gasteiger charge is 2.27. The molecule has 6 nitrogen and oxygen atoms in total. The fourth-order valence-electron chi connectivity index (χ4n) is 3.33. The summed E-state index contributed by atoms with van der Waals surface area (Å²) in [5.41, 5.74) is 2.31. The number of likely N-dealkylation sites (N-methyl/N-ethyl adjacent to an activating group) is 1. The van der Waals surface area contributed by atoms with Crippen molar-refractivity contribution in [1.82, 2.24) is 4.90 Å². The van der Waals surface area contributed by atoms with E-state index in [1.807, 2.05) is 66.5 Å². The lowest BCUT2D eigenvalue weighted by atomic mass is 10.2. The van der Waals surface area contributed by atoms with Crippen LogP contribution in [0.25, 0.3) is 11.3 Å². The fraction of sp³-hybridized carbons (Fsp3) is 0.182. The van der Waals surface area contributed by atoms with Crippen LogP contribution in [0.15, 0.2) is 65.1 Å². The molecule has 7 heteroatoms. The van der Waals surface area contributed by atoms with E-state index in [0.29, 0.717) is 22.9 Å². The van der Waals surface area contributed by atoms with Gasteiger partial charge in [0.15, 0.2) is 0 Å². The maximum Gasteiger partial charge on any atom is 0.244 e. The van der Waals surface area contributed by atoms with Gasteiger partial charge in [-0.2, -0.15) is 0 Å².